The summed E-state index contributed by atoms with van der Waals surface area (Å²) in [5.74, 6) is 0.533. The van der Waals surface area contributed by atoms with Gasteiger partial charge in [-0.1, -0.05) is 38.3 Å². The second kappa shape index (κ2) is 8.99. The second-order valence-electron chi connectivity index (χ2n) is 5.90. The van der Waals surface area contributed by atoms with E-state index in [2.05, 4.69) is 12.2 Å². The van der Waals surface area contributed by atoms with Crippen molar-refractivity contribution in [2.45, 2.75) is 51.5 Å². The molecule has 0 aliphatic heterocycles. The number of benzene rings is 1. The first-order chi connectivity index (χ1) is 11.2. The molecule has 0 atom stereocenters. The van der Waals surface area contributed by atoms with Gasteiger partial charge in [-0.05, 0) is 43.0 Å². The maximum Gasteiger partial charge on any atom is 0.262 e. The molecule has 1 amide bonds. The number of nitriles is 1. The molecule has 1 aromatic rings. The van der Waals surface area contributed by atoms with E-state index in [0.29, 0.717) is 0 Å². The Kier molecular flexibility index (Phi) is 6.68. The van der Waals surface area contributed by atoms with E-state index in [1.54, 1.807) is 6.08 Å². The molecule has 0 saturated heterocycles. The molecule has 122 valence electrons. The lowest BCUT2D eigenvalue weighted by molar-refractivity contribution is -0.117. The van der Waals surface area contributed by atoms with Crippen molar-refractivity contribution in [2.24, 2.45) is 0 Å². The molecule has 2 rings (SSSR count). The molecule has 1 aliphatic rings. The van der Waals surface area contributed by atoms with Gasteiger partial charge in [0.25, 0.3) is 5.91 Å². The highest BCUT2D eigenvalue weighted by atomic mass is 16.5. The quantitative estimate of drug-likeness (QED) is 0.428. The largest absolute Gasteiger partial charge is 0.494 e. The van der Waals surface area contributed by atoms with Crippen molar-refractivity contribution in [3.05, 3.63) is 35.4 Å². The molecule has 4 heteroatoms. The lowest BCUT2D eigenvalue weighted by Crippen LogP contribution is -2.26. The number of amides is 1. The Morgan fingerprint density at radius 1 is 1.30 bits per heavy atom. The summed E-state index contributed by atoms with van der Waals surface area (Å²) < 4.78 is 5.68. The van der Waals surface area contributed by atoms with Gasteiger partial charge in [0.05, 0.1) is 6.61 Å². The van der Waals surface area contributed by atoms with Crippen LogP contribution in [0.2, 0.25) is 0 Å². The topological polar surface area (TPSA) is 62.1 Å². The molecule has 1 N–H and O–H groups in total. The Labute approximate surface area is 138 Å². The Bertz CT molecular complexity index is 580. The first-order valence-electron chi connectivity index (χ1n) is 8.38. The number of hydrogen-bond donors (Lipinski definition) is 1. The predicted octanol–water partition coefficient (Wildman–Crippen LogP) is 3.83. The summed E-state index contributed by atoms with van der Waals surface area (Å²) in [7, 11) is 0. The molecule has 1 aliphatic carbocycles. The maximum absolute atomic E-state index is 11.9. The molecular weight excluding hydrogens is 288 g/mol. The summed E-state index contributed by atoms with van der Waals surface area (Å²) in [5, 5.41) is 12.0. The van der Waals surface area contributed by atoms with E-state index in [9.17, 15) is 4.79 Å². The van der Waals surface area contributed by atoms with Gasteiger partial charge in [0.1, 0.15) is 17.4 Å². The number of nitrogens with zero attached hydrogens (tertiary/aromatic N) is 1. The van der Waals surface area contributed by atoms with Crippen LogP contribution >= 0.6 is 0 Å². The molecule has 1 saturated carbocycles. The number of unbranched alkanes of at least 4 members (excludes halogenated alkanes) is 3. The van der Waals surface area contributed by atoms with Crippen LogP contribution in [0.3, 0.4) is 0 Å². The third-order valence-electron chi connectivity index (χ3n) is 3.74. The summed E-state index contributed by atoms with van der Waals surface area (Å²) in [6, 6.07) is 9.70. The van der Waals surface area contributed by atoms with E-state index in [0.717, 1.165) is 37.2 Å². The molecule has 4 nitrogen and oxygen atoms in total. The Morgan fingerprint density at radius 3 is 2.65 bits per heavy atom. The fraction of sp³-hybridized carbons (Fsp3) is 0.474. The Morgan fingerprint density at radius 2 is 2.04 bits per heavy atom. The molecule has 0 spiro atoms. The smallest absolute Gasteiger partial charge is 0.262 e. The average Bonchev–Trinajstić information content (AvgIpc) is 3.37. The van der Waals surface area contributed by atoms with Crippen molar-refractivity contribution in [1.82, 2.24) is 5.32 Å². The summed E-state index contributed by atoms with van der Waals surface area (Å²) >= 11 is 0. The van der Waals surface area contributed by atoms with Gasteiger partial charge >= 0.3 is 0 Å². The number of ether oxygens (including phenoxy) is 1. The standard InChI is InChI=1S/C19H24N2O2/c1-2-3-4-5-12-23-18-10-6-15(7-11-18)13-16(14-20)19(22)21-17-8-9-17/h6-7,10-11,13,17H,2-5,8-9,12H2,1H3,(H,21,22)/b16-13+. The van der Waals surface area contributed by atoms with Crippen LogP contribution in [0.25, 0.3) is 6.08 Å². The Hall–Kier alpha value is -2.28. The van der Waals surface area contributed by atoms with Crippen LogP contribution in [-0.4, -0.2) is 18.6 Å². The SMILES string of the molecule is CCCCCCOc1ccc(/C=C(\C#N)C(=O)NC2CC2)cc1. The van der Waals surface area contributed by atoms with Crippen LogP contribution < -0.4 is 10.1 Å². The van der Waals surface area contributed by atoms with Crippen LogP contribution in [0.1, 0.15) is 51.0 Å². The summed E-state index contributed by atoms with van der Waals surface area (Å²) in [5.41, 5.74) is 0.968. The predicted molar refractivity (Wildman–Crippen MR) is 90.8 cm³/mol. The fourth-order valence-corrected chi connectivity index (χ4v) is 2.19. The molecule has 1 aromatic carbocycles. The van der Waals surface area contributed by atoms with Crippen molar-refractivity contribution >= 4 is 12.0 Å². The maximum atomic E-state index is 11.9. The van der Waals surface area contributed by atoms with Crippen molar-refractivity contribution in [3.8, 4) is 11.8 Å². The molecule has 0 radical (unpaired) electrons. The summed E-state index contributed by atoms with van der Waals surface area (Å²) in [4.78, 5) is 11.9. The van der Waals surface area contributed by atoms with E-state index in [1.807, 2.05) is 30.3 Å². The highest BCUT2D eigenvalue weighted by Crippen LogP contribution is 2.20. The van der Waals surface area contributed by atoms with E-state index >= 15 is 0 Å². The highest BCUT2D eigenvalue weighted by Gasteiger charge is 2.24. The number of nitrogens with one attached hydrogen (secondary N) is 1. The summed E-state index contributed by atoms with van der Waals surface area (Å²) in [6.07, 6.45) is 8.35. The molecule has 1 fully saturated rings. The lowest BCUT2D eigenvalue weighted by Gasteiger charge is -2.06. The van der Waals surface area contributed by atoms with Crippen LogP contribution in [0.15, 0.2) is 29.8 Å². The minimum atomic E-state index is -0.286. The van der Waals surface area contributed by atoms with Crippen molar-refractivity contribution in [1.29, 1.82) is 5.26 Å². The zero-order valence-electron chi connectivity index (χ0n) is 13.7. The van der Waals surface area contributed by atoms with Gasteiger partial charge in [-0.3, -0.25) is 4.79 Å². The first kappa shape index (κ1) is 17.1. The second-order valence-corrected chi connectivity index (χ2v) is 5.90. The van der Waals surface area contributed by atoms with Gasteiger partial charge < -0.3 is 10.1 Å². The third kappa shape index (κ3) is 6.15. The van der Waals surface area contributed by atoms with Crippen LogP contribution in [0.4, 0.5) is 0 Å². The van der Waals surface area contributed by atoms with Gasteiger partial charge in [-0.15, -0.1) is 0 Å². The third-order valence-corrected chi connectivity index (χ3v) is 3.74. The lowest BCUT2D eigenvalue weighted by atomic mass is 10.1. The van der Waals surface area contributed by atoms with E-state index in [-0.39, 0.29) is 17.5 Å². The number of carbonyl (C=O) groups excluding carboxylic acids is 1. The number of carbonyl (C=O) groups is 1. The minimum absolute atomic E-state index is 0.144. The van der Waals surface area contributed by atoms with Crippen LogP contribution in [-0.2, 0) is 4.79 Å². The minimum Gasteiger partial charge on any atom is -0.494 e. The molecule has 0 bridgehead atoms. The van der Waals surface area contributed by atoms with E-state index in [1.165, 1.54) is 19.3 Å². The van der Waals surface area contributed by atoms with Gasteiger partial charge in [0, 0.05) is 6.04 Å². The van der Waals surface area contributed by atoms with Crippen molar-refractivity contribution < 1.29 is 9.53 Å². The fourth-order valence-electron chi connectivity index (χ4n) is 2.19. The zero-order chi connectivity index (χ0) is 16.5. The van der Waals surface area contributed by atoms with Gasteiger partial charge in [0.15, 0.2) is 0 Å². The molecule has 0 heterocycles. The van der Waals surface area contributed by atoms with Crippen LogP contribution in [0.5, 0.6) is 5.75 Å². The summed E-state index contributed by atoms with van der Waals surface area (Å²) in [6.45, 7) is 2.91. The highest BCUT2D eigenvalue weighted by molar-refractivity contribution is 6.01. The molecule has 23 heavy (non-hydrogen) atoms. The first-order valence-corrected chi connectivity index (χ1v) is 8.38. The van der Waals surface area contributed by atoms with E-state index < -0.39 is 0 Å². The van der Waals surface area contributed by atoms with Gasteiger partial charge in [-0.2, -0.15) is 5.26 Å². The van der Waals surface area contributed by atoms with E-state index in [4.69, 9.17) is 10.00 Å². The normalized spacial score (nSPS) is 14.2. The van der Waals surface area contributed by atoms with Crippen LogP contribution in [0, 0.1) is 11.3 Å². The van der Waals surface area contributed by atoms with Gasteiger partial charge in [-0.25, -0.2) is 0 Å². The van der Waals surface area contributed by atoms with Gasteiger partial charge in [0.2, 0.25) is 0 Å². The number of rotatable bonds is 9. The van der Waals surface area contributed by atoms with Crippen molar-refractivity contribution in [3.63, 3.8) is 0 Å². The molecular formula is C19H24N2O2. The molecule has 0 unspecified atom stereocenters. The monoisotopic (exact) mass is 312 g/mol. The average molecular weight is 312 g/mol. The van der Waals surface area contributed by atoms with Crippen molar-refractivity contribution in [2.75, 3.05) is 6.61 Å². The zero-order valence-corrected chi connectivity index (χ0v) is 13.7. The Balaban J connectivity index is 1.86. The molecule has 0 aromatic heterocycles. The number of hydrogen-bond acceptors (Lipinski definition) is 3.